The van der Waals surface area contributed by atoms with Gasteiger partial charge in [0.15, 0.2) is 0 Å². The summed E-state index contributed by atoms with van der Waals surface area (Å²) in [6.07, 6.45) is 1.86. The van der Waals surface area contributed by atoms with Crippen molar-refractivity contribution in [1.82, 2.24) is 4.90 Å². The Morgan fingerprint density at radius 3 is 2.67 bits per heavy atom. The highest BCUT2D eigenvalue weighted by Crippen LogP contribution is 2.28. The van der Waals surface area contributed by atoms with Gasteiger partial charge in [0.25, 0.3) is 0 Å². The van der Waals surface area contributed by atoms with Crippen LogP contribution in [-0.2, 0) is 11.3 Å². The molecule has 128 valence electrons. The molecule has 24 heavy (non-hydrogen) atoms. The molecule has 3 unspecified atom stereocenters. The van der Waals surface area contributed by atoms with E-state index in [1.54, 1.807) is 4.90 Å². The molecule has 1 amide bonds. The fourth-order valence-corrected chi connectivity index (χ4v) is 4.02. The standard InChI is InChI=1S/C19H24N2O2S/c20-16-9-8-15(11-16)19(23)21(12-14-5-2-1-3-6-14)13-17(22)18-7-4-10-24-18/h1-7,10,15-17,22H,8-9,11-13,20H2. The number of benzene rings is 1. The summed E-state index contributed by atoms with van der Waals surface area (Å²) in [6, 6.07) is 13.9. The number of aliphatic hydroxyl groups excluding tert-OH is 1. The van der Waals surface area contributed by atoms with Crippen LogP contribution in [0.15, 0.2) is 47.8 Å². The number of hydrogen-bond donors (Lipinski definition) is 2. The molecule has 0 saturated heterocycles. The van der Waals surface area contributed by atoms with Gasteiger partial charge in [-0.1, -0.05) is 36.4 Å². The Balaban J connectivity index is 1.73. The first-order valence-corrected chi connectivity index (χ1v) is 9.31. The highest BCUT2D eigenvalue weighted by molar-refractivity contribution is 7.10. The van der Waals surface area contributed by atoms with Crippen LogP contribution >= 0.6 is 11.3 Å². The minimum Gasteiger partial charge on any atom is -0.386 e. The molecule has 1 heterocycles. The number of carbonyl (C=O) groups is 1. The molecule has 3 atom stereocenters. The van der Waals surface area contributed by atoms with Gasteiger partial charge in [-0.3, -0.25) is 4.79 Å². The Morgan fingerprint density at radius 2 is 2.04 bits per heavy atom. The molecule has 5 heteroatoms. The van der Waals surface area contributed by atoms with Crippen LogP contribution in [0.4, 0.5) is 0 Å². The zero-order chi connectivity index (χ0) is 16.9. The number of thiophene rings is 1. The van der Waals surface area contributed by atoms with E-state index in [9.17, 15) is 9.90 Å². The Hall–Kier alpha value is -1.69. The van der Waals surface area contributed by atoms with E-state index in [2.05, 4.69) is 0 Å². The van der Waals surface area contributed by atoms with Crippen molar-refractivity contribution in [2.45, 2.75) is 38.0 Å². The minimum atomic E-state index is -0.646. The number of aliphatic hydroxyl groups is 1. The average molecular weight is 344 g/mol. The van der Waals surface area contributed by atoms with E-state index in [0.29, 0.717) is 13.1 Å². The second-order valence-electron chi connectivity index (χ2n) is 6.51. The first-order chi connectivity index (χ1) is 11.6. The Bertz CT molecular complexity index is 645. The monoisotopic (exact) mass is 344 g/mol. The van der Waals surface area contributed by atoms with Gasteiger partial charge < -0.3 is 15.7 Å². The molecular formula is C19H24N2O2S. The molecule has 1 aromatic heterocycles. The Labute approximate surface area is 146 Å². The second-order valence-corrected chi connectivity index (χ2v) is 7.48. The summed E-state index contributed by atoms with van der Waals surface area (Å²) in [5, 5.41) is 12.4. The van der Waals surface area contributed by atoms with Crippen LogP contribution in [0.1, 0.15) is 35.8 Å². The molecule has 1 aromatic carbocycles. The van der Waals surface area contributed by atoms with Gasteiger partial charge in [-0.05, 0) is 36.3 Å². The van der Waals surface area contributed by atoms with Crippen LogP contribution in [-0.4, -0.2) is 28.5 Å². The highest BCUT2D eigenvalue weighted by atomic mass is 32.1. The molecule has 0 bridgehead atoms. The first kappa shape index (κ1) is 17.1. The van der Waals surface area contributed by atoms with Crippen molar-refractivity contribution in [2.75, 3.05) is 6.54 Å². The van der Waals surface area contributed by atoms with Crippen molar-refractivity contribution in [2.24, 2.45) is 11.7 Å². The normalized spacial score (nSPS) is 21.6. The molecular weight excluding hydrogens is 320 g/mol. The number of rotatable bonds is 6. The number of nitrogens with two attached hydrogens (primary N) is 1. The third-order valence-corrected chi connectivity index (χ3v) is 5.59. The zero-order valence-corrected chi connectivity index (χ0v) is 14.5. The summed E-state index contributed by atoms with van der Waals surface area (Å²) in [5.74, 6) is 0.0988. The Morgan fingerprint density at radius 1 is 1.25 bits per heavy atom. The second kappa shape index (κ2) is 7.92. The molecule has 1 aliphatic carbocycles. The summed E-state index contributed by atoms with van der Waals surface area (Å²) < 4.78 is 0. The van der Waals surface area contributed by atoms with Crippen molar-refractivity contribution in [3.63, 3.8) is 0 Å². The fourth-order valence-electron chi connectivity index (χ4n) is 3.31. The van der Waals surface area contributed by atoms with Crippen molar-refractivity contribution < 1.29 is 9.90 Å². The molecule has 2 aromatic rings. The van der Waals surface area contributed by atoms with Crippen LogP contribution in [0.5, 0.6) is 0 Å². The predicted octanol–water partition coefficient (Wildman–Crippen LogP) is 2.94. The van der Waals surface area contributed by atoms with Gasteiger partial charge in [0, 0.05) is 23.4 Å². The van der Waals surface area contributed by atoms with Crippen LogP contribution in [0.2, 0.25) is 0 Å². The van der Waals surface area contributed by atoms with Crippen LogP contribution in [0, 0.1) is 5.92 Å². The van der Waals surface area contributed by atoms with Crippen LogP contribution in [0.3, 0.4) is 0 Å². The maximum absolute atomic E-state index is 13.0. The van der Waals surface area contributed by atoms with E-state index in [4.69, 9.17) is 5.73 Å². The lowest BCUT2D eigenvalue weighted by atomic mass is 10.0. The molecule has 4 nitrogen and oxygen atoms in total. The number of carbonyl (C=O) groups excluding carboxylic acids is 1. The van der Waals surface area contributed by atoms with E-state index < -0.39 is 6.10 Å². The highest BCUT2D eigenvalue weighted by Gasteiger charge is 2.32. The van der Waals surface area contributed by atoms with E-state index >= 15 is 0 Å². The van der Waals surface area contributed by atoms with Gasteiger partial charge in [-0.2, -0.15) is 0 Å². The van der Waals surface area contributed by atoms with Gasteiger partial charge in [-0.15, -0.1) is 11.3 Å². The van der Waals surface area contributed by atoms with Gasteiger partial charge in [0.05, 0.1) is 6.54 Å². The van der Waals surface area contributed by atoms with E-state index in [-0.39, 0.29) is 17.9 Å². The van der Waals surface area contributed by atoms with Crippen LogP contribution in [0.25, 0.3) is 0 Å². The lowest BCUT2D eigenvalue weighted by molar-refractivity contribution is -0.137. The van der Waals surface area contributed by atoms with Crippen molar-refractivity contribution in [3.8, 4) is 0 Å². The first-order valence-electron chi connectivity index (χ1n) is 8.43. The molecule has 0 radical (unpaired) electrons. The SMILES string of the molecule is NC1CCC(C(=O)N(Cc2ccccc2)CC(O)c2cccs2)C1. The van der Waals surface area contributed by atoms with Gasteiger partial charge in [-0.25, -0.2) is 0 Å². The average Bonchev–Trinajstić information content (AvgIpc) is 3.26. The third-order valence-electron chi connectivity index (χ3n) is 4.62. The maximum atomic E-state index is 13.0. The molecule has 0 spiro atoms. The lowest BCUT2D eigenvalue weighted by Crippen LogP contribution is -2.38. The molecule has 3 N–H and O–H groups in total. The molecule has 1 saturated carbocycles. The number of hydrogen-bond acceptors (Lipinski definition) is 4. The molecule has 1 fully saturated rings. The van der Waals surface area contributed by atoms with E-state index in [1.165, 1.54) is 11.3 Å². The lowest BCUT2D eigenvalue weighted by Gasteiger charge is -2.28. The Kier molecular flexibility index (Phi) is 5.66. The van der Waals surface area contributed by atoms with E-state index in [1.807, 2.05) is 47.8 Å². The summed E-state index contributed by atoms with van der Waals surface area (Å²) in [5.41, 5.74) is 7.05. The molecule has 0 aliphatic heterocycles. The number of amides is 1. The van der Waals surface area contributed by atoms with Gasteiger partial charge in [0.1, 0.15) is 6.10 Å². The van der Waals surface area contributed by atoms with Crippen molar-refractivity contribution in [3.05, 3.63) is 58.3 Å². The summed E-state index contributed by atoms with van der Waals surface area (Å²) in [7, 11) is 0. The predicted molar refractivity (Wildman–Crippen MR) is 96.5 cm³/mol. The smallest absolute Gasteiger partial charge is 0.226 e. The third kappa shape index (κ3) is 4.23. The van der Waals surface area contributed by atoms with Gasteiger partial charge >= 0.3 is 0 Å². The maximum Gasteiger partial charge on any atom is 0.226 e. The number of nitrogens with zero attached hydrogens (tertiary/aromatic N) is 1. The topological polar surface area (TPSA) is 66.6 Å². The fraction of sp³-hybridized carbons (Fsp3) is 0.421. The zero-order valence-electron chi connectivity index (χ0n) is 13.7. The summed E-state index contributed by atoms with van der Waals surface area (Å²) in [4.78, 5) is 15.6. The molecule has 1 aliphatic rings. The summed E-state index contributed by atoms with van der Waals surface area (Å²) >= 11 is 1.52. The van der Waals surface area contributed by atoms with Crippen molar-refractivity contribution in [1.29, 1.82) is 0 Å². The molecule has 3 rings (SSSR count). The minimum absolute atomic E-state index is 0.0146. The van der Waals surface area contributed by atoms with Crippen LogP contribution < -0.4 is 5.73 Å². The quantitative estimate of drug-likeness (QED) is 0.847. The van der Waals surface area contributed by atoms with Crippen molar-refractivity contribution >= 4 is 17.2 Å². The largest absolute Gasteiger partial charge is 0.386 e. The van der Waals surface area contributed by atoms with Gasteiger partial charge in [0.2, 0.25) is 5.91 Å². The van der Waals surface area contributed by atoms with E-state index in [0.717, 1.165) is 29.7 Å². The summed E-state index contributed by atoms with van der Waals surface area (Å²) in [6.45, 7) is 0.841.